The highest BCUT2D eigenvalue weighted by Crippen LogP contribution is 2.53. The van der Waals surface area contributed by atoms with Gasteiger partial charge in [0.1, 0.15) is 0 Å². The van der Waals surface area contributed by atoms with E-state index in [0.717, 1.165) is 29.9 Å². The fourth-order valence-electron chi connectivity index (χ4n) is 5.34. The zero-order valence-corrected chi connectivity index (χ0v) is 24.7. The van der Waals surface area contributed by atoms with Crippen molar-refractivity contribution in [3.63, 3.8) is 0 Å². The molecule has 1 N–H and O–H groups in total. The fourth-order valence-corrected chi connectivity index (χ4v) is 8.39. The monoisotopic (exact) mass is 569 g/mol. The van der Waals surface area contributed by atoms with Crippen molar-refractivity contribution in [1.82, 2.24) is 0 Å². The lowest BCUT2D eigenvalue weighted by Crippen LogP contribution is -2.48. The van der Waals surface area contributed by atoms with Crippen LogP contribution in [-0.4, -0.2) is 25.6 Å². The summed E-state index contributed by atoms with van der Waals surface area (Å²) in [5.74, 6) is -3.23. The number of hydrogen-bond acceptors (Lipinski definition) is 3. The molecule has 2 bridgehead atoms. The van der Waals surface area contributed by atoms with Crippen LogP contribution in [0.1, 0.15) is 57.3 Å². The highest BCUT2D eigenvalue weighted by Gasteiger charge is 2.51. The minimum absolute atomic E-state index is 0.156. The maximum Gasteiger partial charge on any atom is 0.255 e. The first kappa shape index (κ1) is 28.5. The first-order valence-corrected chi connectivity index (χ1v) is 16.9. The lowest BCUT2D eigenvalue weighted by Gasteiger charge is -2.44. The smallest absolute Gasteiger partial charge is 0.255 e. The van der Waals surface area contributed by atoms with Crippen LogP contribution in [0.3, 0.4) is 0 Å². The number of amides is 1. The van der Waals surface area contributed by atoms with Gasteiger partial charge in [-0.05, 0) is 73.3 Å². The van der Waals surface area contributed by atoms with Gasteiger partial charge in [0.25, 0.3) is 5.91 Å². The van der Waals surface area contributed by atoms with Gasteiger partial charge in [-0.25, -0.2) is 13.2 Å². The Morgan fingerprint density at radius 3 is 2.32 bits per heavy atom. The van der Waals surface area contributed by atoms with Crippen LogP contribution in [0.15, 0.2) is 35.2 Å². The second-order valence-electron chi connectivity index (χ2n) is 12.0. The van der Waals surface area contributed by atoms with E-state index in [1.165, 1.54) is 6.42 Å². The summed E-state index contributed by atoms with van der Waals surface area (Å²) in [5.41, 5.74) is 0.152. The van der Waals surface area contributed by atoms with E-state index in [1.807, 2.05) is 0 Å². The Bertz CT molecular complexity index is 1170. The lowest BCUT2D eigenvalue weighted by atomic mass is 9.84. The summed E-state index contributed by atoms with van der Waals surface area (Å²) < 4.78 is 47.3. The van der Waals surface area contributed by atoms with Gasteiger partial charge in [0.2, 0.25) is 0 Å². The predicted octanol–water partition coefficient (Wildman–Crippen LogP) is 8.93. The van der Waals surface area contributed by atoms with Crippen LogP contribution in [0.4, 0.5) is 18.9 Å². The Kier molecular flexibility index (Phi) is 8.16. The maximum absolute atomic E-state index is 13.5. The molecule has 0 aromatic heterocycles. The van der Waals surface area contributed by atoms with Gasteiger partial charge in [-0.15, -0.1) is 11.8 Å². The molecule has 1 amide bonds. The van der Waals surface area contributed by atoms with Crippen molar-refractivity contribution in [1.29, 1.82) is 0 Å². The first-order chi connectivity index (χ1) is 17.2. The SMILES string of the molecule is C[C@H]1CC2CC(Sc3cc(C(=O)Nc4cc(F)c(F)c(F)c4)ccc3Cl)CC1[C@@H]2O[Si](C)(C)C(C)(C)C. The third-order valence-electron chi connectivity index (χ3n) is 8.36. The molecule has 2 fully saturated rings. The number of anilines is 1. The van der Waals surface area contributed by atoms with Crippen molar-refractivity contribution < 1.29 is 22.4 Å². The minimum atomic E-state index is -1.87. The summed E-state index contributed by atoms with van der Waals surface area (Å²) in [7, 11) is -1.87. The van der Waals surface area contributed by atoms with Crippen molar-refractivity contribution in [3.8, 4) is 0 Å². The van der Waals surface area contributed by atoms with Gasteiger partial charge in [-0.1, -0.05) is 39.3 Å². The molecule has 2 aromatic rings. The van der Waals surface area contributed by atoms with E-state index in [1.54, 1.807) is 30.0 Å². The standard InChI is InChI=1S/C28H35ClF3NO2SSi/c1-15-9-17-10-19(14-20(15)26(17)35-37(5,6)28(2,3)4)36-24-11-16(7-8-21(24)29)27(34)33-18-12-22(30)25(32)23(31)13-18/h7-8,11-13,15,17,19-20,26H,9-10,14H2,1-6H3,(H,33,34)/t15-,17?,19?,20?,26+/m0/s1. The molecule has 5 atom stereocenters. The number of carbonyl (C=O) groups is 1. The van der Waals surface area contributed by atoms with Crippen LogP contribution >= 0.6 is 23.4 Å². The molecule has 0 saturated heterocycles. The molecule has 4 rings (SSSR count). The van der Waals surface area contributed by atoms with Crippen LogP contribution in [0.25, 0.3) is 0 Å². The Morgan fingerprint density at radius 2 is 1.73 bits per heavy atom. The first-order valence-electron chi connectivity index (χ1n) is 12.8. The van der Waals surface area contributed by atoms with Crippen molar-refractivity contribution in [2.45, 2.75) is 81.3 Å². The lowest BCUT2D eigenvalue weighted by molar-refractivity contribution is 0.0658. The average molecular weight is 570 g/mol. The predicted molar refractivity (Wildman–Crippen MR) is 147 cm³/mol. The molecule has 3 nitrogen and oxygen atoms in total. The molecule has 2 aliphatic carbocycles. The molecule has 0 aliphatic heterocycles. The van der Waals surface area contributed by atoms with Crippen molar-refractivity contribution >= 4 is 43.3 Å². The summed E-state index contributed by atoms with van der Waals surface area (Å²) in [5, 5.41) is 3.52. The second-order valence-corrected chi connectivity index (χ2v) is 18.5. The number of rotatable bonds is 6. The van der Waals surface area contributed by atoms with E-state index in [-0.39, 0.29) is 10.7 Å². The summed E-state index contributed by atoms with van der Waals surface area (Å²) in [6.07, 6.45) is 3.53. The van der Waals surface area contributed by atoms with Crippen LogP contribution in [0.2, 0.25) is 23.2 Å². The largest absolute Gasteiger partial charge is 0.413 e. The Balaban J connectivity index is 1.46. The second kappa shape index (κ2) is 10.6. The number of hydrogen-bond donors (Lipinski definition) is 1. The Hall–Kier alpha value is -1.48. The van der Waals surface area contributed by atoms with Crippen LogP contribution < -0.4 is 5.32 Å². The molecular weight excluding hydrogens is 535 g/mol. The van der Waals surface area contributed by atoms with E-state index in [2.05, 4.69) is 46.1 Å². The third kappa shape index (κ3) is 6.07. The number of carbonyl (C=O) groups excluding carboxylic acids is 1. The van der Waals surface area contributed by atoms with E-state index in [0.29, 0.717) is 39.7 Å². The Labute approximate surface area is 228 Å². The molecule has 0 heterocycles. The van der Waals surface area contributed by atoms with Gasteiger partial charge in [-0.3, -0.25) is 4.79 Å². The zero-order valence-electron chi connectivity index (χ0n) is 22.1. The number of halogens is 4. The maximum atomic E-state index is 13.5. The summed E-state index contributed by atoms with van der Waals surface area (Å²) in [6, 6.07) is 6.44. The molecular formula is C28H35ClF3NO2SSi. The average Bonchev–Trinajstić information content (AvgIpc) is 2.95. The van der Waals surface area contributed by atoms with E-state index in [9.17, 15) is 18.0 Å². The van der Waals surface area contributed by atoms with Crippen molar-refractivity contribution in [2.24, 2.45) is 17.8 Å². The van der Waals surface area contributed by atoms with Gasteiger partial charge in [-0.2, -0.15) is 0 Å². The number of fused-ring (bicyclic) bond motifs is 2. The van der Waals surface area contributed by atoms with E-state index < -0.39 is 31.7 Å². The Morgan fingerprint density at radius 1 is 1.08 bits per heavy atom. The molecule has 37 heavy (non-hydrogen) atoms. The van der Waals surface area contributed by atoms with Crippen LogP contribution in [0.5, 0.6) is 0 Å². The highest BCUT2D eigenvalue weighted by atomic mass is 35.5. The van der Waals surface area contributed by atoms with Crippen LogP contribution in [-0.2, 0) is 4.43 Å². The minimum Gasteiger partial charge on any atom is -0.413 e. The molecule has 0 spiro atoms. The summed E-state index contributed by atoms with van der Waals surface area (Å²) in [6.45, 7) is 13.8. The van der Waals surface area contributed by atoms with Crippen LogP contribution in [0, 0.1) is 35.2 Å². The summed E-state index contributed by atoms with van der Waals surface area (Å²) >= 11 is 8.20. The fraction of sp³-hybridized carbons (Fsp3) is 0.536. The van der Waals surface area contributed by atoms with Gasteiger partial charge < -0.3 is 9.74 Å². The highest BCUT2D eigenvalue weighted by molar-refractivity contribution is 8.00. The molecule has 3 unspecified atom stereocenters. The third-order valence-corrected chi connectivity index (χ3v) is 14.6. The summed E-state index contributed by atoms with van der Waals surface area (Å²) in [4.78, 5) is 13.6. The number of nitrogens with one attached hydrogen (secondary N) is 1. The van der Waals surface area contributed by atoms with E-state index in [4.69, 9.17) is 16.0 Å². The zero-order chi connectivity index (χ0) is 27.3. The number of benzene rings is 2. The van der Waals surface area contributed by atoms with Gasteiger partial charge in [0, 0.05) is 33.5 Å². The molecule has 2 aromatic carbocycles. The normalized spacial score (nSPS) is 25.8. The molecule has 202 valence electrons. The molecule has 0 radical (unpaired) electrons. The quantitative estimate of drug-likeness (QED) is 0.279. The number of thioether (sulfide) groups is 1. The van der Waals surface area contributed by atoms with Crippen molar-refractivity contribution in [2.75, 3.05) is 5.32 Å². The molecule has 9 heteroatoms. The van der Waals surface area contributed by atoms with Gasteiger partial charge >= 0.3 is 0 Å². The van der Waals surface area contributed by atoms with Gasteiger partial charge in [0.05, 0.1) is 11.1 Å². The van der Waals surface area contributed by atoms with Crippen molar-refractivity contribution in [3.05, 3.63) is 58.4 Å². The molecule has 2 aliphatic rings. The molecule has 2 saturated carbocycles. The van der Waals surface area contributed by atoms with Gasteiger partial charge in [0.15, 0.2) is 25.8 Å². The topological polar surface area (TPSA) is 38.3 Å². The van der Waals surface area contributed by atoms with E-state index >= 15 is 0 Å².